The van der Waals surface area contributed by atoms with Crippen molar-refractivity contribution >= 4 is 17.2 Å². The molecule has 1 aliphatic rings. The van der Waals surface area contributed by atoms with Gasteiger partial charge < -0.3 is 5.32 Å². The number of likely N-dealkylation sites (tertiary alicyclic amines) is 1. The van der Waals surface area contributed by atoms with Crippen LogP contribution in [-0.4, -0.2) is 35.4 Å². The molecule has 16 heavy (non-hydrogen) atoms. The lowest BCUT2D eigenvalue weighted by Crippen LogP contribution is -2.50. The molecule has 0 bridgehead atoms. The fourth-order valence-electron chi connectivity index (χ4n) is 1.84. The molecule has 1 N–H and O–H groups in total. The van der Waals surface area contributed by atoms with Crippen molar-refractivity contribution in [3.8, 4) is 0 Å². The lowest BCUT2D eigenvalue weighted by Gasteiger charge is -2.38. The Morgan fingerprint density at radius 3 is 3.12 bits per heavy atom. The van der Waals surface area contributed by atoms with Crippen molar-refractivity contribution in [1.82, 2.24) is 15.2 Å². The minimum atomic E-state index is 0.102. The van der Waals surface area contributed by atoms with Gasteiger partial charge in [0.05, 0.1) is 13.1 Å². The number of aromatic nitrogens is 1. The summed E-state index contributed by atoms with van der Waals surface area (Å²) in [4.78, 5) is 17.9. The molecule has 0 atom stereocenters. The lowest BCUT2D eigenvalue weighted by molar-refractivity contribution is -0.124. The number of hydrogen-bond donors (Lipinski definition) is 1. The molecule has 0 radical (unpaired) electrons. The zero-order valence-electron chi connectivity index (χ0n) is 9.48. The molecule has 2 rings (SSSR count). The van der Waals surface area contributed by atoms with E-state index < -0.39 is 0 Å². The second-order valence-electron chi connectivity index (χ2n) is 4.17. The number of rotatable bonds is 5. The Kier molecular flexibility index (Phi) is 3.90. The van der Waals surface area contributed by atoms with Crippen LogP contribution in [0.15, 0.2) is 11.6 Å². The van der Waals surface area contributed by atoms with Gasteiger partial charge in [-0.2, -0.15) is 0 Å². The van der Waals surface area contributed by atoms with E-state index in [9.17, 15) is 4.79 Å². The average molecular weight is 239 g/mol. The van der Waals surface area contributed by atoms with Crippen molar-refractivity contribution in [1.29, 1.82) is 0 Å². The van der Waals surface area contributed by atoms with Crippen molar-refractivity contribution in [2.45, 2.75) is 19.9 Å². The highest BCUT2D eigenvalue weighted by Gasteiger charge is 2.26. The topological polar surface area (TPSA) is 45.2 Å². The van der Waals surface area contributed by atoms with Crippen LogP contribution >= 0.6 is 11.3 Å². The van der Waals surface area contributed by atoms with E-state index in [-0.39, 0.29) is 5.91 Å². The summed E-state index contributed by atoms with van der Waals surface area (Å²) in [5, 5.41) is 5.77. The molecule has 0 spiro atoms. The van der Waals surface area contributed by atoms with Crippen LogP contribution in [0.4, 0.5) is 0 Å². The number of thiazole rings is 1. The van der Waals surface area contributed by atoms with E-state index in [0.717, 1.165) is 24.0 Å². The van der Waals surface area contributed by atoms with Gasteiger partial charge in [-0.25, -0.2) is 4.98 Å². The number of amides is 1. The van der Waals surface area contributed by atoms with Crippen molar-refractivity contribution < 1.29 is 4.79 Å². The Hall–Kier alpha value is -0.940. The molecule has 2 heterocycles. The van der Waals surface area contributed by atoms with E-state index in [1.165, 1.54) is 6.42 Å². The number of nitrogens with zero attached hydrogens (tertiary/aromatic N) is 2. The predicted molar refractivity (Wildman–Crippen MR) is 64.2 cm³/mol. The van der Waals surface area contributed by atoms with Crippen molar-refractivity contribution in [3.05, 3.63) is 16.6 Å². The Morgan fingerprint density at radius 2 is 2.50 bits per heavy atom. The predicted octanol–water partition coefficient (Wildman–Crippen LogP) is 1.10. The third kappa shape index (κ3) is 3.02. The maximum atomic E-state index is 11.6. The van der Waals surface area contributed by atoms with Crippen LogP contribution in [0.3, 0.4) is 0 Å². The summed E-state index contributed by atoms with van der Waals surface area (Å²) < 4.78 is 0. The van der Waals surface area contributed by atoms with Gasteiger partial charge in [0.15, 0.2) is 0 Å². The summed E-state index contributed by atoms with van der Waals surface area (Å²) in [6.45, 7) is 5.43. The quantitative estimate of drug-likeness (QED) is 0.837. The molecule has 0 saturated carbocycles. The molecule has 0 aliphatic carbocycles. The minimum absolute atomic E-state index is 0.102. The summed E-state index contributed by atoms with van der Waals surface area (Å²) in [6.07, 6.45) is 2.98. The summed E-state index contributed by atoms with van der Waals surface area (Å²) in [5.41, 5.74) is 0. The smallest absolute Gasteiger partial charge is 0.234 e. The molecule has 88 valence electrons. The summed E-state index contributed by atoms with van der Waals surface area (Å²) in [5.74, 6) is 0.900. The normalized spacial score (nSPS) is 17.1. The maximum absolute atomic E-state index is 11.6. The molecule has 4 nitrogen and oxygen atoms in total. The Morgan fingerprint density at radius 1 is 1.69 bits per heavy atom. The minimum Gasteiger partial charge on any atom is -0.348 e. The molecule has 5 heteroatoms. The van der Waals surface area contributed by atoms with Crippen LogP contribution < -0.4 is 5.32 Å². The van der Waals surface area contributed by atoms with Crippen LogP contribution in [-0.2, 0) is 11.3 Å². The van der Waals surface area contributed by atoms with Crippen molar-refractivity contribution in [2.24, 2.45) is 5.92 Å². The summed E-state index contributed by atoms with van der Waals surface area (Å²) in [7, 11) is 0. The van der Waals surface area contributed by atoms with Gasteiger partial charge in [0, 0.05) is 24.7 Å². The van der Waals surface area contributed by atoms with E-state index in [1.807, 2.05) is 5.38 Å². The number of nitrogens with one attached hydrogen (secondary N) is 1. The fourth-order valence-corrected chi connectivity index (χ4v) is 2.39. The molecular formula is C11H17N3OS. The molecule has 0 unspecified atom stereocenters. The third-order valence-electron chi connectivity index (χ3n) is 2.90. The largest absolute Gasteiger partial charge is 0.348 e. The Balaban J connectivity index is 1.62. The van der Waals surface area contributed by atoms with Crippen molar-refractivity contribution in [3.63, 3.8) is 0 Å². The lowest BCUT2D eigenvalue weighted by atomic mass is 9.97. The van der Waals surface area contributed by atoms with Crippen LogP contribution in [0.25, 0.3) is 0 Å². The highest BCUT2D eigenvalue weighted by molar-refractivity contribution is 7.09. The van der Waals surface area contributed by atoms with Crippen LogP contribution in [0.1, 0.15) is 18.4 Å². The first kappa shape index (κ1) is 11.5. The van der Waals surface area contributed by atoms with E-state index in [2.05, 4.69) is 22.1 Å². The van der Waals surface area contributed by atoms with Crippen LogP contribution in [0.2, 0.25) is 0 Å². The first-order valence-corrected chi connectivity index (χ1v) is 6.53. The van der Waals surface area contributed by atoms with Gasteiger partial charge in [0.1, 0.15) is 5.01 Å². The Bertz CT molecular complexity index is 333. The maximum Gasteiger partial charge on any atom is 0.234 e. The molecule has 1 aromatic rings. The highest BCUT2D eigenvalue weighted by atomic mass is 32.1. The second-order valence-corrected chi connectivity index (χ2v) is 5.15. The SMILES string of the molecule is CCC1CN(CC(=O)NCc2nccs2)C1. The van der Waals surface area contributed by atoms with Crippen LogP contribution in [0, 0.1) is 5.92 Å². The van der Waals surface area contributed by atoms with Crippen molar-refractivity contribution in [2.75, 3.05) is 19.6 Å². The molecule has 1 aliphatic heterocycles. The molecule has 1 saturated heterocycles. The first-order valence-electron chi connectivity index (χ1n) is 5.65. The van der Waals surface area contributed by atoms with E-state index in [0.29, 0.717) is 13.1 Å². The molecule has 1 fully saturated rings. The number of carbonyl (C=O) groups is 1. The van der Waals surface area contributed by atoms with Gasteiger partial charge in [-0.05, 0) is 5.92 Å². The summed E-state index contributed by atoms with van der Waals surface area (Å²) >= 11 is 1.57. The first-order chi connectivity index (χ1) is 7.78. The van der Waals surface area contributed by atoms with Crippen LogP contribution in [0.5, 0.6) is 0 Å². The van der Waals surface area contributed by atoms with E-state index >= 15 is 0 Å². The fraction of sp³-hybridized carbons (Fsp3) is 0.636. The zero-order chi connectivity index (χ0) is 11.4. The van der Waals surface area contributed by atoms with Gasteiger partial charge in [-0.15, -0.1) is 11.3 Å². The number of hydrogen-bond acceptors (Lipinski definition) is 4. The zero-order valence-corrected chi connectivity index (χ0v) is 10.3. The molecule has 0 aromatic carbocycles. The highest BCUT2D eigenvalue weighted by Crippen LogP contribution is 2.17. The second kappa shape index (κ2) is 5.41. The molecule has 1 amide bonds. The van der Waals surface area contributed by atoms with Gasteiger partial charge in [0.2, 0.25) is 5.91 Å². The Labute approximate surface area is 99.7 Å². The monoisotopic (exact) mass is 239 g/mol. The molecular weight excluding hydrogens is 222 g/mol. The van der Waals surface area contributed by atoms with E-state index in [4.69, 9.17) is 0 Å². The number of carbonyl (C=O) groups excluding carboxylic acids is 1. The van der Waals surface area contributed by atoms with Gasteiger partial charge in [-0.1, -0.05) is 13.3 Å². The van der Waals surface area contributed by atoms with Gasteiger partial charge >= 0.3 is 0 Å². The van der Waals surface area contributed by atoms with Gasteiger partial charge in [-0.3, -0.25) is 9.69 Å². The average Bonchev–Trinajstić information content (AvgIpc) is 2.72. The summed E-state index contributed by atoms with van der Waals surface area (Å²) in [6, 6.07) is 0. The van der Waals surface area contributed by atoms with Gasteiger partial charge in [0.25, 0.3) is 0 Å². The molecule has 1 aromatic heterocycles. The third-order valence-corrected chi connectivity index (χ3v) is 3.68. The standard InChI is InChI=1S/C11H17N3OS/c1-2-9-6-14(7-9)8-10(15)13-5-11-12-3-4-16-11/h3-4,9H,2,5-8H2,1H3,(H,13,15). The van der Waals surface area contributed by atoms with E-state index in [1.54, 1.807) is 17.5 Å².